The first-order valence-corrected chi connectivity index (χ1v) is 6.80. The molecule has 0 heterocycles. The molecule has 2 heteroatoms. The van der Waals surface area contributed by atoms with Crippen LogP contribution in [0.5, 0.6) is 0 Å². The molecule has 0 fully saturated rings. The topological polar surface area (TPSA) is 27.0 Å². The van der Waals surface area contributed by atoms with Crippen LogP contribution in [0.25, 0.3) is 0 Å². The minimum Gasteiger partial charge on any atom is -0.286 e. The summed E-state index contributed by atoms with van der Waals surface area (Å²) < 4.78 is 0. The summed E-state index contributed by atoms with van der Waals surface area (Å²) >= 11 is 0. The van der Waals surface area contributed by atoms with Gasteiger partial charge in [-0.3, -0.25) is 4.90 Å². The van der Waals surface area contributed by atoms with E-state index in [0.717, 1.165) is 19.5 Å². The number of nitriles is 1. The molecule has 0 aromatic carbocycles. The molecule has 16 heavy (non-hydrogen) atoms. The van der Waals surface area contributed by atoms with Gasteiger partial charge in [-0.05, 0) is 26.4 Å². The van der Waals surface area contributed by atoms with E-state index in [9.17, 15) is 5.26 Å². The van der Waals surface area contributed by atoms with E-state index in [-0.39, 0.29) is 5.54 Å². The average molecular weight is 224 g/mol. The molecule has 0 aliphatic rings. The van der Waals surface area contributed by atoms with Crippen LogP contribution in [-0.2, 0) is 0 Å². The zero-order valence-electron chi connectivity index (χ0n) is 11.6. The fourth-order valence-electron chi connectivity index (χ4n) is 2.28. The molecule has 94 valence electrons. The second-order valence-corrected chi connectivity index (χ2v) is 4.72. The molecule has 0 N–H and O–H groups in total. The molecule has 0 spiro atoms. The first-order chi connectivity index (χ1) is 7.64. The lowest BCUT2D eigenvalue weighted by molar-refractivity contribution is 0.156. The van der Waals surface area contributed by atoms with Crippen LogP contribution in [0.4, 0.5) is 0 Å². The van der Waals surface area contributed by atoms with Crippen LogP contribution in [0.1, 0.15) is 66.2 Å². The Morgan fingerprint density at radius 3 is 2.00 bits per heavy atom. The lowest BCUT2D eigenvalue weighted by Crippen LogP contribution is -2.45. The number of rotatable bonds is 9. The molecule has 0 saturated heterocycles. The smallest absolute Gasteiger partial charge is 0.106 e. The summed E-state index contributed by atoms with van der Waals surface area (Å²) in [7, 11) is 0. The zero-order chi connectivity index (χ0) is 12.4. The normalized spacial score (nSPS) is 14.8. The number of hydrogen-bond acceptors (Lipinski definition) is 2. The summed E-state index contributed by atoms with van der Waals surface area (Å²) in [5.41, 5.74) is -0.254. The third kappa shape index (κ3) is 4.99. The van der Waals surface area contributed by atoms with Crippen molar-refractivity contribution in [3.63, 3.8) is 0 Å². The van der Waals surface area contributed by atoms with Crippen molar-refractivity contribution < 1.29 is 0 Å². The number of nitrogens with zero attached hydrogens (tertiary/aromatic N) is 2. The predicted molar refractivity (Wildman–Crippen MR) is 70.3 cm³/mol. The van der Waals surface area contributed by atoms with Gasteiger partial charge in [-0.25, -0.2) is 0 Å². The third-order valence-corrected chi connectivity index (χ3v) is 3.47. The van der Waals surface area contributed by atoms with Crippen molar-refractivity contribution in [1.29, 1.82) is 5.26 Å². The molecule has 0 saturated carbocycles. The summed E-state index contributed by atoms with van der Waals surface area (Å²) in [5.74, 6) is 0. The van der Waals surface area contributed by atoms with Crippen LogP contribution >= 0.6 is 0 Å². The fourth-order valence-corrected chi connectivity index (χ4v) is 2.28. The molecule has 0 radical (unpaired) electrons. The van der Waals surface area contributed by atoms with Crippen molar-refractivity contribution in [3.8, 4) is 6.07 Å². The van der Waals surface area contributed by atoms with Gasteiger partial charge >= 0.3 is 0 Å². The molecule has 1 atom stereocenters. The Labute approximate surface area is 102 Å². The Hall–Kier alpha value is -0.550. The van der Waals surface area contributed by atoms with Crippen molar-refractivity contribution >= 4 is 0 Å². The highest BCUT2D eigenvalue weighted by Crippen LogP contribution is 2.22. The molecule has 1 unspecified atom stereocenters. The van der Waals surface area contributed by atoms with Crippen LogP contribution < -0.4 is 0 Å². The Morgan fingerprint density at radius 1 is 1.00 bits per heavy atom. The Kier molecular flexibility index (Phi) is 8.29. The molecule has 2 nitrogen and oxygen atoms in total. The van der Waals surface area contributed by atoms with E-state index in [1.54, 1.807) is 0 Å². The predicted octanol–water partition coefficient (Wildman–Crippen LogP) is 3.97. The summed E-state index contributed by atoms with van der Waals surface area (Å²) in [6.45, 7) is 10.5. The van der Waals surface area contributed by atoms with Crippen molar-refractivity contribution in [2.75, 3.05) is 13.1 Å². The van der Waals surface area contributed by atoms with E-state index < -0.39 is 0 Å². The maximum atomic E-state index is 9.33. The molecule has 0 aliphatic carbocycles. The maximum absolute atomic E-state index is 9.33. The highest BCUT2D eigenvalue weighted by molar-refractivity contribution is 5.04. The largest absolute Gasteiger partial charge is 0.286 e. The molecule has 0 amide bonds. The second kappa shape index (κ2) is 8.58. The van der Waals surface area contributed by atoms with Gasteiger partial charge in [0, 0.05) is 0 Å². The van der Waals surface area contributed by atoms with Crippen LogP contribution in [0.15, 0.2) is 0 Å². The summed E-state index contributed by atoms with van der Waals surface area (Å²) in [5, 5.41) is 9.33. The third-order valence-electron chi connectivity index (χ3n) is 3.47. The monoisotopic (exact) mass is 224 g/mol. The van der Waals surface area contributed by atoms with E-state index in [1.807, 2.05) is 0 Å². The van der Waals surface area contributed by atoms with Gasteiger partial charge in [-0.15, -0.1) is 0 Å². The van der Waals surface area contributed by atoms with Crippen molar-refractivity contribution in [3.05, 3.63) is 0 Å². The Balaban J connectivity index is 4.02. The SMILES string of the molecule is CCCCCCCC(C)(C#N)N(CC)CC. The van der Waals surface area contributed by atoms with E-state index in [4.69, 9.17) is 0 Å². The average Bonchev–Trinajstić information content (AvgIpc) is 2.30. The molecular formula is C14H28N2. The lowest BCUT2D eigenvalue weighted by Gasteiger charge is -2.34. The number of hydrogen-bond donors (Lipinski definition) is 0. The minimum absolute atomic E-state index is 0.254. The van der Waals surface area contributed by atoms with Crippen molar-refractivity contribution in [1.82, 2.24) is 4.90 Å². The van der Waals surface area contributed by atoms with Gasteiger partial charge < -0.3 is 0 Å². The summed E-state index contributed by atoms with van der Waals surface area (Å²) in [4.78, 5) is 2.27. The van der Waals surface area contributed by atoms with E-state index in [1.165, 1.54) is 32.1 Å². The van der Waals surface area contributed by atoms with Gasteiger partial charge in [-0.2, -0.15) is 5.26 Å². The maximum Gasteiger partial charge on any atom is 0.106 e. The minimum atomic E-state index is -0.254. The van der Waals surface area contributed by atoms with Crippen LogP contribution in [-0.4, -0.2) is 23.5 Å². The first kappa shape index (κ1) is 15.4. The molecule has 0 aromatic rings. The molecule has 0 rings (SSSR count). The molecule has 0 bridgehead atoms. The van der Waals surface area contributed by atoms with Crippen LogP contribution in [0.3, 0.4) is 0 Å². The quantitative estimate of drug-likeness (QED) is 0.554. The van der Waals surface area contributed by atoms with Crippen LogP contribution in [0.2, 0.25) is 0 Å². The summed E-state index contributed by atoms with van der Waals surface area (Å²) in [6.07, 6.45) is 7.39. The Morgan fingerprint density at radius 2 is 1.56 bits per heavy atom. The van der Waals surface area contributed by atoms with Crippen LogP contribution in [0, 0.1) is 11.3 Å². The van der Waals surface area contributed by atoms with E-state index >= 15 is 0 Å². The van der Waals surface area contributed by atoms with Gasteiger partial charge in [0.25, 0.3) is 0 Å². The van der Waals surface area contributed by atoms with Gasteiger partial charge in [0.1, 0.15) is 5.54 Å². The van der Waals surface area contributed by atoms with Gasteiger partial charge in [0.15, 0.2) is 0 Å². The highest BCUT2D eigenvalue weighted by atomic mass is 15.2. The lowest BCUT2D eigenvalue weighted by atomic mass is 9.93. The molecule has 0 aromatic heterocycles. The Bertz CT molecular complexity index is 203. The standard InChI is InChI=1S/C14H28N2/c1-5-8-9-10-11-12-14(4,13-15)16(6-2)7-3/h5-12H2,1-4H3. The van der Waals surface area contributed by atoms with E-state index in [2.05, 4.69) is 38.7 Å². The first-order valence-electron chi connectivity index (χ1n) is 6.80. The highest BCUT2D eigenvalue weighted by Gasteiger charge is 2.28. The van der Waals surface area contributed by atoms with Crippen molar-refractivity contribution in [2.45, 2.75) is 71.8 Å². The summed E-state index contributed by atoms with van der Waals surface area (Å²) in [6, 6.07) is 2.50. The second-order valence-electron chi connectivity index (χ2n) is 4.72. The van der Waals surface area contributed by atoms with Gasteiger partial charge in [0.2, 0.25) is 0 Å². The van der Waals surface area contributed by atoms with Gasteiger partial charge in [0.05, 0.1) is 6.07 Å². The molecular weight excluding hydrogens is 196 g/mol. The number of unbranched alkanes of at least 4 members (excludes halogenated alkanes) is 4. The van der Waals surface area contributed by atoms with Gasteiger partial charge in [-0.1, -0.05) is 52.9 Å². The molecule has 0 aliphatic heterocycles. The fraction of sp³-hybridized carbons (Fsp3) is 0.929. The van der Waals surface area contributed by atoms with E-state index in [0.29, 0.717) is 0 Å². The zero-order valence-corrected chi connectivity index (χ0v) is 11.6. The van der Waals surface area contributed by atoms with Crippen molar-refractivity contribution in [2.24, 2.45) is 0 Å².